The Bertz CT molecular complexity index is 1380. The molecule has 0 unspecified atom stereocenters. The van der Waals surface area contributed by atoms with Crippen molar-refractivity contribution >= 4 is 22.9 Å². The molecule has 0 aliphatic carbocycles. The van der Waals surface area contributed by atoms with E-state index in [1.165, 1.54) is 23.5 Å². The molecule has 0 amide bonds. The number of halogens is 4. The molecule has 0 atom stereocenters. The highest BCUT2D eigenvalue weighted by Crippen LogP contribution is 2.32. The number of rotatable bonds is 4. The van der Waals surface area contributed by atoms with Crippen LogP contribution in [-0.2, 0) is 25.7 Å². The zero-order valence-corrected chi connectivity index (χ0v) is 19.3. The molecular weight excluding hydrogens is 485 g/mol. The van der Waals surface area contributed by atoms with E-state index in [4.69, 9.17) is 11.6 Å². The first kappa shape index (κ1) is 22.8. The van der Waals surface area contributed by atoms with Gasteiger partial charge in [-0.15, -0.1) is 11.3 Å². The monoisotopic (exact) mass is 502 g/mol. The minimum atomic E-state index is -4.36. The summed E-state index contributed by atoms with van der Waals surface area (Å²) in [6.07, 6.45) is -3.73. The molecule has 0 saturated carbocycles. The van der Waals surface area contributed by atoms with E-state index < -0.39 is 11.7 Å². The molecule has 1 aliphatic rings. The number of nitrogens with zero attached hydrogens (tertiary/aromatic N) is 3. The van der Waals surface area contributed by atoms with E-state index in [-0.39, 0.29) is 5.56 Å². The molecule has 3 heterocycles. The second kappa shape index (κ2) is 8.98. The smallest absolute Gasteiger partial charge is 0.306 e. The van der Waals surface area contributed by atoms with Crippen LogP contribution in [0.5, 0.6) is 0 Å². The minimum Gasteiger partial charge on any atom is -0.306 e. The molecule has 0 radical (unpaired) electrons. The minimum absolute atomic E-state index is 0.164. The standard InChI is InChI=1S/C24H18ClF3N4OS/c25-17-7-3-14(4-8-17)21-30-20-9-10-32(12-19(20)22(33)31-21)11-18-13-34-23(29-18)15-1-5-16(6-2-15)24(26,27)28/h1-8,13H,9-12H2,(H,30,31,33). The Morgan fingerprint density at radius 1 is 1.03 bits per heavy atom. The SMILES string of the molecule is O=c1[nH]c(-c2ccc(Cl)cc2)nc2c1CN(Cc1csc(-c3ccc(C(F)(F)F)cc3)n1)CC2. The maximum absolute atomic E-state index is 12.8. The molecule has 5 rings (SSSR count). The number of alkyl halides is 3. The van der Waals surface area contributed by atoms with Crippen LogP contribution in [0.2, 0.25) is 5.02 Å². The number of aromatic amines is 1. The average Bonchev–Trinajstić information content (AvgIpc) is 3.28. The molecule has 34 heavy (non-hydrogen) atoms. The Hall–Kier alpha value is -3.01. The van der Waals surface area contributed by atoms with Crippen LogP contribution in [0, 0.1) is 0 Å². The summed E-state index contributed by atoms with van der Waals surface area (Å²) >= 11 is 7.33. The van der Waals surface area contributed by atoms with E-state index in [0.29, 0.717) is 46.5 Å². The van der Waals surface area contributed by atoms with Gasteiger partial charge in [-0.2, -0.15) is 13.2 Å². The van der Waals surface area contributed by atoms with E-state index in [9.17, 15) is 18.0 Å². The van der Waals surface area contributed by atoms with Gasteiger partial charge in [0.15, 0.2) is 0 Å². The molecule has 0 bridgehead atoms. The molecule has 1 aliphatic heterocycles. The number of aromatic nitrogens is 3. The molecule has 0 fully saturated rings. The number of hydrogen-bond acceptors (Lipinski definition) is 5. The molecule has 4 aromatic rings. The second-order valence-electron chi connectivity index (χ2n) is 8.03. The zero-order chi connectivity index (χ0) is 23.9. The molecule has 0 spiro atoms. The summed E-state index contributed by atoms with van der Waals surface area (Å²) < 4.78 is 38.4. The molecule has 10 heteroatoms. The third-order valence-electron chi connectivity index (χ3n) is 5.66. The van der Waals surface area contributed by atoms with Crippen molar-refractivity contribution < 1.29 is 13.2 Å². The van der Waals surface area contributed by atoms with E-state index in [0.717, 1.165) is 35.6 Å². The third-order valence-corrected chi connectivity index (χ3v) is 6.85. The average molecular weight is 503 g/mol. The molecule has 1 N–H and O–H groups in total. The molecule has 2 aromatic carbocycles. The lowest BCUT2D eigenvalue weighted by Crippen LogP contribution is -2.35. The largest absolute Gasteiger partial charge is 0.416 e. The van der Waals surface area contributed by atoms with Crippen molar-refractivity contribution in [3.8, 4) is 22.0 Å². The Labute approximate surface area is 201 Å². The van der Waals surface area contributed by atoms with Gasteiger partial charge in [0.1, 0.15) is 10.8 Å². The molecule has 0 saturated heterocycles. The van der Waals surface area contributed by atoms with Crippen LogP contribution in [-0.4, -0.2) is 26.4 Å². The fraction of sp³-hybridized carbons (Fsp3) is 0.208. The number of hydrogen-bond donors (Lipinski definition) is 1. The van der Waals surface area contributed by atoms with Crippen LogP contribution in [0.4, 0.5) is 13.2 Å². The molecular formula is C24H18ClF3N4OS. The van der Waals surface area contributed by atoms with Crippen molar-refractivity contribution in [3.63, 3.8) is 0 Å². The number of nitrogens with one attached hydrogen (secondary N) is 1. The summed E-state index contributed by atoms with van der Waals surface area (Å²) in [6.45, 7) is 1.71. The quantitative estimate of drug-likeness (QED) is 0.383. The van der Waals surface area contributed by atoms with Crippen molar-refractivity contribution in [1.82, 2.24) is 19.9 Å². The lowest BCUT2D eigenvalue weighted by Gasteiger charge is -2.27. The van der Waals surface area contributed by atoms with Gasteiger partial charge in [0, 0.05) is 47.6 Å². The summed E-state index contributed by atoms with van der Waals surface area (Å²) in [5.41, 5.74) is 2.83. The fourth-order valence-corrected chi connectivity index (χ4v) is 4.85. The van der Waals surface area contributed by atoms with Crippen molar-refractivity contribution in [2.24, 2.45) is 0 Å². The highest BCUT2D eigenvalue weighted by Gasteiger charge is 2.30. The van der Waals surface area contributed by atoms with Crippen molar-refractivity contribution in [3.05, 3.63) is 91.8 Å². The number of fused-ring (bicyclic) bond motifs is 1. The third kappa shape index (κ3) is 4.77. The number of benzene rings is 2. The number of H-pyrrole nitrogens is 1. The Morgan fingerprint density at radius 2 is 1.74 bits per heavy atom. The predicted octanol–water partition coefficient (Wildman–Crippen LogP) is 5.79. The second-order valence-corrected chi connectivity index (χ2v) is 9.32. The van der Waals surface area contributed by atoms with Crippen LogP contribution >= 0.6 is 22.9 Å². The fourth-order valence-electron chi connectivity index (χ4n) is 3.90. The lowest BCUT2D eigenvalue weighted by molar-refractivity contribution is -0.137. The predicted molar refractivity (Wildman–Crippen MR) is 126 cm³/mol. The zero-order valence-electron chi connectivity index (χ0n) is 17.7. The van der Waals surface area contributed by atoms with Crippen LogP contribution in [0.3, 0.4) is 0 Å². The topological polar surface area (TPSA) is 61.9 Å². The van der Waals surface area contributed by atoms with Gasteiger partial charge in [0.2, 0.25) is 0 Å². The summed E-state index contributed by atoms with van der Waals surface area (Å²) in [5, 5.41) is 3.17. The van der Waals surface area contributed by atoms with Gasteiger partial charge in [0.25, 0.3) is 5.56 Å². The Balaban J connectivity index is 1.30. The van der Waals surface area contributed by atoms with Gasteiger partial charge in [-0.3, -0.25) is 9.69 Å². The van der Waals surface area contributed by atoms with Crippen molar-refractivity contribution in [1.29, 1.82) is 0 Å². The Morgan fingerprint density at radius 3 is 2.44 bits per heavy atom. The van der Waals surface area contributed by atoms with E-state index in [1.54, 1.807) is 12.1 Å². The summed E-state index contributed by atoms with van der Waals surface area (Å²) in [7, 11) is 0. The first-order valence-corrected chi connectivity index (χ1v) is 11.7. The maximum atomic E-state index is 12.8. The van der Waals surface area contributed by atoms with E-state index in [2.05, 4.69) is 19.9 Å². The van der Waals surface area contributed by atoms with Crippen molar-refractivity contribution in [2.45, 2.75) is 25.7 Å². The first-order valence-electron chi connectivity index (χ1n) is 10.5. The first-order chi connectivity index (χ1) is 16.3. The molecule has 5 nitrogen and oxygen atoms in total. The van der Waals surface area contributed by atoms with Gasteiger partial charge < -0.3 is 4.98 Å². The van der Waals surface area contributed by atoms with Gasteiger partial charge in [0.05, 0.1) is 22.5 Å². The van der Waals surface area contributed by atoms with E-state index in [1.807, 2.05) is 17.5 Å². The summed E-state index contributed by atoms with van der Waals surface area (Å²) in [5.74, 6) is 0.523. The molecule has 174 valence electrons. The Kier molecular flexibility index (Phi) is 6.01. The lowest BCUT2D eigenvalue weighted by atomic mass is 10.1. The van der Waals surface area contributed by atoms with Crippen LogP contribution < -0.4 is 5.56 Å². The van der Waals surface area contributed by atoms with Gasteiger partial charge >= 0.3 is 6.18 Å². The summed E-state index contributed by atoms with van der Waals surface area (Å²) in [6, 6.07) is 12.1. The van der Waals surface area contributed by atoms with Crippen LogP contribution in [0.15, 0.2) is 58.7 Å². The van der Waals surface area contributed by atoms with Crippen LogP contribution in [0.1, 0.15) is 22.5 Å². The van der Waals surface area contributed by atoms with Crippen LogP contribution in [0.25, 0.3) is 22.0 Å². The highest BCUT2D eigenvalue weighted by molar-refractivity contribution is 7.13. The van der Waals surface area contributed by atoms with Gasteiger partial charge in [-0.05, 0) is 36.4 Å². The molecule has 2 aromatic heterocycles. The van der Waals surface area contributed by atoms with Crippen molar-refractivity contribution in [2.75, 3.05) is 6.54 Å². The number of thiazole rings is 1. The normalized spacial score (nSPS) is 14.2. The maximum Gasteiger partial charge on any atom is 0.416 e. The highest BCUT2D eigenvalue weighted by atomic mass is 35.5. The van der Waals surface area contributed by atoms with E-state index >= 15 is 0 Å². The summed E-state index contributed by atoms with van der Waals surface area (Å²) in [4.78, 5) is 27.0. The van der Waals surface area contributed by atoms with Gasteiger partial charge in [-0.25, -0.2) is 9.97 Å². The van der Waals surface area contributed by atoms with Gasteiger partial charge in [-0.1, -0.05) is 23.7 Å².